The van der Waals surface area contributed by atoms with Crippen molar-refractivity contribution in [2.75, 3.05) is 0 Å². The molecule has 0 unspecified atom stereocenters. The highest BCUT2D eigenvalue weighted by molar-refractivity contribution is 9.10. The van der Waals surface area contributed by atoms with Gasteiger partial charge in [-0.05, 0) is 42.7 Å². The highest BCUT2D eigenvalue weighted by atomic mass is 79.9. The number of hydrogen-bond donors (Lipinski definition) is 1. The first kappa shape index (κ1) is 13.9. The predicted octanol–water partition coefficient (Wildman–Crippen LogP) is 4.01. The van der Waals surface area contributed by atoms with Crippen LogP contribution in [0.4, 0.5) is 0 Å². The molecule has 3 nitrogen and oxygen atoms in total. The standard InChI is InChI=1S/C16H18BrNO2/c17-13-3-1-12(2-4-13)10-19-11-16-8-7-15(20-16)9-18-14-5-6-14/h1-4,7-8,14,18H,5-6,9-11H2. The maximum Gasteiger partial charge on any atom is 0.129 e. The van der Waals surface area contributed by atoms with E-state index in [1.807, 2.05) is 24.3 Å². The van der Waals surface area contributed by atoms with Crippen LogP contribution in [0.25, 0.3) is 0 Å². The lowest BCUT2D eigenvalue weighted by Crippen LogP contribution is -2.14. The third kappa shape index (κ3) is 4.20. The lowest BCUT2D eigenvalue weighted by Gasteiger charge is -2.03. The molecule has 4 heteroatoms. The smallest absolute Gasteiger partial charge is 0.129 e. The van der Waals surface area contributed by atoms with Gasteiger partial charge in [0, 0.05) is 10.5 Å². The van der Waals surface area contributed by atoms with Gasteiger partial charge in [0.15, 0.2) is 0 Å². The van der Waals surface area contributed by atoms with Crippen LogP contribution in [0.5, 0.6) is 0 Å². The molecular formula is C16H18BrNO2. The van der Waals surface area contributed by atoms with Gasteiger partial charge in [0.25, 0.3) is 0 Å². The minimum Gasteiger partial charge on any atom is -0.462 e. The van der Waals surface area contributed by atoms with Gasteiger partial charge >= 0.3 is 0 Å². The van der Waals surface area contributed by atoms with Crippen molar-refractivity contribution < 1.29 is 9.15 Å². The maximum atomic E-state index is 5.72. The van der Waals surface area contributed by atoms with Crippen LogP contribution in [-0.4, -0.2) is 6.04 Å². The van der Waals surface area contributed by atoms with Crippen LogP contribution in [0.3, 0.4) is 0 Å². The Kier molecular flexibility index (Phi) is 4.55. The van der Waals surface area contributed by atoms with Crippen molar-refractivity contribution in [1.29, 1.82) is 0 Å². The van der Waals surface area contributed by atoms with Crippen molar-refractivity contribution in [3.63, 3.8) is 0 Å². The van der Waals surface area contributed by atoms with Gasteiger partial charge in [0.1, 0.15) is 18.1 Å². The minimum absolute atomic E-state index is 0.513. The molecule has 106 valence electrons. The predicted molar refractivity (Wildman–Crippen MR) is 81.2 cm³/mol. The molecule has 0 amide bonds. The Bertz CT molecular complexity index is 546. The second-order valence-corrected chi connectivity index (χ2v) is 6.06. The molecule has 0 saturated heterocycles. The number of hydrogen-bond acceptors (Lipinski definition) is 3. The van der Waals surface area contributed by atoms with E-state index in [0.717, 1.165) is 28.1 Å². The second kappa shape index (κ2) is 6.57. The van der Waals surface area contributed by atoms with Crippen molar-refractivity contribution in [3.05, 3.63) is 58.0 Å². The van der Waals surface area contributed by atoms with Crippen LogP contribution in [0.2, 0.25) is 0 Å². The lowest BCUT2D eigenvalue weighted by molar-refractivity contribution is 0.0920. The third-order valence-corrected chi connectivity index (χ3v) is 3.81. The third-order valence-electron chi connectivity index (χ3n) is 3.29. The number of ether oxygens (including phenoxy) is 1. The number of furan rings is 1. The number of halogens is 1. The Labute approximate surface area is 127 Å². The number of rotatable bonds is 7. The zero-order chi connectivity index (χ0) is 13.8. The van der Waals surface area contributed by atoms with Crippen LogP contribution >= 0.6 is 15.9 Å². The molecule has 1 fully saturated rings. The molecule has 1 saturated carbocycles. The molecule has 2 aromatic rings. The van der Waals surface area contributed by atoms with E-state index >= 15 is 0 Å². The van der Waals surface area contributed by atoms with Crippen LogP contribution in [0, 0.1) is 0 Å². The molecular weight excluding hydrogens is 318 g/mol. The van der Waals surface area contributed by atoms with Crippen molar-refractivity contribution in [2.45, 2.75) is 38.6 Å². The van der Waals surface area contributed by atoms with Crippen molar-refractivity contribution in [3.8, 4) is 0 Å². The van der Waals surface area contributed by atoms with Gasteiger partial charge in [-0.2, -0.15) is 0 Å². The Balaban J connectivity index is 1.42. The topological polar surface area (TPSA) is 34.4 Å². The van der Waals surface area contributed by atoms with E-state index in [2.05, 4.69) is 33.4 Å². The van der Waals surface area contributed by atoms with E-state index in [1.165, 1.54) is 12.8 Å². The summed E-state index contributed by atoms with van der Waals surface area (Å²) < 4.78 is 12.5. The summed E-state index contributed by atoms with van der Waals surface area (Å²) in [4.78, 5) is 0. The normalized spacial score (nSPS) is 14.7. The first-order valence-corrected chi connectivity index (χ1v) is 7.72. The average Bonchev–Trinajstić information content (AvgIpc) is 3.18. The molecule has 1 N–H and O–H groups in total. The van der Waals surface area contributed by atoms with Gasteiger partial charge in [-0.1, -0.05) is 28.1 Å². The monoisotopic (exact) mass is 335 g/mol. The molecule has 0 radical (unpaired) electrons. The quantitative estimate of drug-likeness (QED) is 0.830. The fraction of sp³-hybridized carbons (Fsp3) is 0.375. The van der Waals surface area contributed by atoms with Crippen LogP contribution in [0.15, 0.2) is 45.3 Å². The molecule has 1 aliphatic carbocycles. The van der Waals surface area contributed by atoms with Crippen LogP contribution < -0.4 is 5.32 Å². The summed E-state index contributed by atoms with van der Waals surface area (Å²) in [5, 5.41) is 3.43. The Morgan fingerprint density at radius 2 is 1.80 bits per heavy atom. The van der Waals surface area contributed by atoms with Gasteiger partial charge in [0.05, 0.1) is 13.2 Å². The first-order chi connectivity index (χ1) is 9.79. The lowest BCUT2D eigenvalue weighted by atomic mass is 10.2. The van der Waals surface area contributed by atoms with E-state index in [-0.39, 0.29) is 0 Å². The maximum absolute atomic E-state index is 5.72. The van der Waals surface area contributed by atoms with Crippen molar-refractivity contribution in [1.82, 2.24) is 5.32 Å². The summed E-state index contributed by atoms with van der Waals surface area (Å²) in [6.45, 7) is 1.93. The van der Waals surface area contributed by atoms with Gasteiger partial charge < -0.3 is 14.5 Å². The number of nitrogens with one attached hydrogen (secondary N) is 1. The SMILES string of the molecule is Brc1ccc(COCc2ccc(CNC3CC3)o2)cc1. The van der Waals surface area contributed by atoms with Crippen LogP contribution in [0.1, 0.15) is 29.9 Å². The van der Waals surface area contributed by atoms with E-state index in [1.54, 1.807) is 0 Å². The number of benzene rings is 1. The molecule has 1 aliphatic rings. The summed E-state index contributed by atoms with van der Waals surface area (Å²) in [5.74, 6) is 1.87. The molecule has 0 aliphatic heterocycles. The highest BCUT2D eigenvalue weighted by Crippen LogP contribution is 2.20. The van der Waals surface area contributed by atoms with E-state index in [0.29, 0.717) is 19.3 Å². The molecule has 3 rings (SSSR count). The molecule has 1 aromatic carbocycles. The van der Waals surface area contributed by atoms with Gasteiger partial charge in [0.2, 0.25) is 0 Å². The second-order valence-electron chi connectivity index (χ2n) is 5.14. The molecule has 0 spiro atoms. The summed E-state index contributed by atoms with van der Waals surface area (Å²) in [7, 11) is 0. The highest BCUT2D eigenvalue weighted by Gasteiger charge is 2.20. The van der Waals surface area contributed by atoms with E-state index < -0.39 is 0 Å². The summed E-state index contributed by atoms with van der Waals surface area (Å²) >= 11 is 3.42. The average molecular weight is 336 g/mol. The fourth-order valence-corrected chi connectivity index (χ4v) is 2.24. The molecule has 0 atom stereocenters. The molecule has 1 heterocycles. The molecule has 1 aromatic heterocycles. The van der Waals surface area contributed by atoms with E-state index in [4.69, 9.17) is 9.15 Å². The van der Waals surface area contributed by atoms with Gasteiger partial charge in [-0.15, -0.1) is 0 Å². The molecule has 0 bridgehead atoms. The zero-order valence-electron chi connectivity index (χ0n) is 11.3. The van der Waals surface area contributed by atoms with Gasteiger partial charge in [-0.3, -0.25) is 0 Å². The Hall–Kier alpha value is -1.10. The van der Waals surface area contributed by atoms with E-state index in [9.17, 15) is 0 Å². The summed E-state index contributed by atoms with van der Waals surface area (Å²) in [6, 6.07) is 12.9. The first-order valence-electron chi connectivity index (χ1n) is 6.93. The summed E-state index contributed by atoms with van der Waals surface area (Å²) in [5.41, 5.74) is 1.16. The fourth-order valence-electron chi connectivity index (χ4n) is 1.98. The van der Waals surface area contributed by atoms with Gasteiger partial charge in [-0.25, -0.2) is 0 Å². The molecule has 20 heavy (non-hydrogen) atoms. The van der Waals surface area contributed by atoms with Crippen LogP contribution in [-0.2, 0) is 24.5 Å². The Morgan fingerprint density at radius 3 is 2.55 bits per heavy atom. The van der Waals surface area contributed by atoms with Crippen molar-refractivity contribution >= 4 is 15.9 Å². The largest absolute Gasteiger partial charge is 0.462 e. The summed E-state index contributed by atoms with van der Waals surface area (Å²) in [6.07, 6.45) is 2.59. The Morgan fingerprint density at radius 1 is 1.05 bits per heavy atom. The zero-order valence-corrected chi connectivity index (χ0v) is 12.9. The minimum atomic E-state index is 0.513. The van der Waals surface area contributed by atoms with Crippen molar-refractivity contribution in [2.24, 2.45) is 0 Å².